The number of halogens is 3. The predicted octanol–water partition coefficient (Wildman–Crippen LogP) is 5.13. The van der Waals surface area contributed by atoms with E-state index in [1.54, 1.807) is 25.5 Å². The van der Waals surface area contributed by atoms with Crippen LogP contribution in [0.2, 0.25) is 0 Å². The number of nitrogens with one attached hydrogen (secondary N) is 3. The lowest BCUT2D eigenvalue weighted by molar-refractivity contribution is -0.140. The number of H-pyrrole nitrogens is 1. The molecule has 0 fully saturated rings. The van der Waals surface area contributed by atoms with Gasteiger partial charge < -0.3 is 5.32 Å². The number of aromatic nitrogens is 5. The molecule has 170 valence electrons. The Kier molecular flexibility index (Phi) is 6.09. The molecule has 0 aliphatic carbocycles. The van der Waals surface area contributed by atoms with Gasteiger partial charge in [0.1, 0.15) is 10.8 Å². The van der Waals surface area contributed by atoms with Gasteiger partial charge in [0.15, 0.2) is 5.69 Å². The number of alkyl halides is 3. The number of amides is 2. The molecule has 4 aromatic heterocycles. The van der Waals surface area contributed by atoms with E-state index in [4.69, 9.17) is 0 Å². The maximum absolute atomic E-state index is 13.2. The summed E-state index contributed by atoms with van der Waals surface area (Å²) in [7, 11) is 0. The number of carbonyl (C=O) groups is 1. The first-order chi connectivity index (χ1) is 15.8. The van der Waals surface area contributed by atoms with Crippen LogP contribution in [0.4, 0.5) is 23.8 Å². The van der Waals surface area contributed by atoms with E-state index in [0.29, 0.717) is 23.2 Å². The van der Waals surface area contributed by atoms with Crippen molar-refractivity contribution in [2.75, 3.05) is 11.9 Å². The number of anilines is 1. The molecule has 3 N–H and O–H groups in total. The van der Waals surface area contributed by atoms with Crippen LogP contribution in [0.3, 0.4) is 0 Å². The van der Waals surface area contributed by atoms with Gasteiger partial charge in [-0.15, -0.1) is 11.3 Å². The van der Waals surface area contributed by atoms with E-state index in [1.165, 1.54) is 12.3 Å². The highest BCUT2D eigenvalue weighted by Crippen LogP contribution is 2.39. The average Bonchev–Trinajstić information content (AvgIpc) is 3.43. The van der Waals surface area contributed by atoms with E-state index in [2.05, 4.69) is 35.8 Å². The smallest absolute Gasteiger partial charge is 0.338 e. The first kappa shape index (κ1) is 22.4. The van der Waals surface area contributed by atoms with Gasteiger partial charge in [0.05, 0.1) is 6.20 Å². The third kappa shape index (κ3) is 4.85. The molecule has 4 heterocycles. The number of urea groups is 1. The zero-order chi connectivity index (χ0) is 23.6. The van der Waals surface area contributed by atoms with Crippen molar-refractivity contribution in [2.45, 2.75) is 20.0 Å². The highest BCUT2D eigenvalue weighted by molar-refractivity contribution is 7.13. The molecular formula is C21H18F3N7OS. The summed E-state index contributed by atoms with van der Waals surface area (Å²) in [5, 5.41) is 13.1. The summed E-state index contributed by atoms with van der Waals surface area (Å²) in [5.41, 5.74) is 3.04. The Morgan fingerprint density at radius 3 is 2.48 bits per heavy atom. The van der Waals surface area contributed by atoms with Crippen molar-refractivity contribution in [1.29, 1.82) is 0 Å². The van der Waals surface area contributed by atoms with Crippen molar-refractivity contribution < 1.29 is 18.0 Å². The first-order valence-corrected chi connectivity index (χ1v) is 10.7. The lowest BCUT2D eigenvalue weighted by Gasteiger charge is -2.12. The van der Waals surface area contributed by atoms with Crippen LogP contribution < -0.4 is 10.6 Å². The number of hydrogen-bond acceptors (Lipinski definition) is 6. The molecule has 4 aromatic rings. The number of pyridine rings is 2. The summed E-state index contributed by atoms with van der Waals surface area (Å²) < 4.78 is 39.5. The second-order valence-corrected chi connectivity index (χ2v) is 7.86. The Morgan fingerprint density at radius 2 is 1.85 bits per heavy atom. The van der Waals surface area contributed by atoms with E-state index >= 15 is 0 Å². The SMILES string of the molecule is CCNC(=O)Nc1cc(-c2nc(C(F)(F)F)cs2)c(-c2cncc(-c3cn[nH]c3C)c2)cn1. The molecule has 0 atom stereocenters. The molecule has 0 radical (unpaired) electrons. The van der Waals surface area contributed by atoms with Crippen molar-refractivity contribution in [3.8, 4) is 32.8 Å². The molecule has 0 unspecified atom stereocenters. The fourth-order valence-corrected chi connectivity index (χ4v) is 4.01. The topological polar surface area (TPSA) is 108 Å². The van der Waals surface area contributed by atoms with Gasteiger partial charge in [0, 0.05) is 64.0 Å². The minimum absolute atomic E-state index is 0.142. The molecule has 0 aromatic carbocycles. The summed E-state index contributed by atoms with van der Waals surface area (Å²) >= 11 is 0.858. The van der Waals surface area contributed by atoms with Crippen molar-refractivity contribution in [3.05, 3.63) is 53.7 Å². The summed E-state index contributed by atoms with van der Waals surface area (Å²) in [6.07, 6.45) is 1.85. The highest BCUT2D eigenvalue weighted by atomic mass is 32.1. The molecule has 4 rings (SSSR count). The van der Waals surface area contributed by atoms with Gasteiger partial charge in [-0.2, -0.15) is 18.3 Å². The second-order valence-electron chi connectivity index (χ2n) is 7.01. The van der Waals surface area contributed by atoms with Crippen LogP contribution in [0.15, 0.2) is 42.3 Å². The normalized spacial score (nSPS) is 11.4. The highest BCUT2D eigenvalue weighted by Gasteiger charge is 2.34. The van der Waals surface area contributed by atoms with E-state index in [9.17, 15) is 18.0 Å². The number of rotatable bonds is 5. The van der Waals surface area contributed by atoms with Gasteiger partial charge in [0.25, 0.3) is 0 Å². The average molecular weight is 473 g/mol. The van der Waals surface area contributed by atoms with E-state index < -0.39 is 17.9 Å². The Labute approximate surface area is 190 Å². The largest absolute Gasteiger partial charge is 0.434 e. The molecule has 0 spiro atoms. The van der Waals surface area contributed by atoms with Crippen molar-refractivity contribution >= 4 is 23.2 Å². The zero-order valence-corrected chi connectivity index (χ0v) is 18.3. The summed E-state index contributed by atoms with van der Waals surface area (Å²) in [5.74, 6) is 0.179. The van der Waals surface area contributed by atoms with Gasteiger partial charge in [0.2, 0.25) is 0 Å². The Morgan fingerprint density at radius 1 is 1.09 bits per heavy atom. The molecule has 2 amide bonds. The molecule has 0 aliphatic heterocycles. The summed E-state index contributed by atoms with van der Waals surface area (Å²) in [4.78, 5) is 24.3. The van der Waals surface area contributed by atoms with E-state index in [0.717, 1.165) is 33.5 Å². The molecule has 0 bridgehead atoms. The molecule has 12 heteroatoms. The number of nitrogens with zero attached hydrogens (tertiary/aromatic N) is 4. The fourth-order valence-electron chi connectivity index (χ4n) is 3.16. The van der Waals surface area contributed by atoms with Crippen LogP contribution in [0, 0.1) is 6.92 Å². The number of carbonyl (C=O) groups excluding carboxylic acids is 1. The minimum atomic E-state index is -4.57. The Bertz CT molecular complexity index is 1300. The third-order valence-electron chi connectivity index (χ3n) is 4.70. The third-order valence-corrected chi connectivity index (χ3v) is 5.57. The van der Waals surface area contributed by atoms with Crippen LogP contribution in [-0.4, -0.2) is 37.7 Å². The second kappa shape index (κ2) is 8.98. The molecule has 33 heavy (non-hydrogen) atoms. The summed E-state index contributed by atoms with van der Waals surface area (Å²) in [6.45, 7) is 4.04. The van der Waals surface area contributed by atoms with E-state index in [1.807, 2.05) is 13.0 Å². The van der Waals surface area contributed by atoms with Gasteiger partial charge in [-0.25, -0.2) is 14.8 Å². The molecule has 0 saturated heterocycles. The van der Waals surface area contributed by atoms with Gasteiger partial charge in [-0.05, 0) is 26.0 Å². The van der Waals surface area contributed by atoms with Gasteiger partial charge >= 0.3 is 12.2 Å². The maximum Gasteiger partial charge on any atom is 0.434 e. The van der Waals surface area contributed by atoms with Crippen LogP contribution in [-0.2, 0) is 6.18 Å². The van der Waals surface area contributed by atoms with Crippen LogP contribution in [0.1, 0.15) is 18.3 Å². The number of hydrogen-bond donors (Lipinski definition) is 3. The lowest BCUT2D eigenvalue weighted by Crippen LogP contribution is -2.28. The molecular weight excluding hydrogens is 455 g/mol. The zero-order valence-electron chi connectivity index (χ0n) is 17.5. The van der Waals surface area contributed by atoms with Crippen molar-refractivity contribution in [3.63, 3.8) is 0 Å². The molecule has 0 aliphatic rings. The van der Waals surface area contributed by atoms with Crippen LogP contribution in [0.25, 0.3) is 32.8 Å². The predicted molar refractivity (Wildman–Crippen MR) is 119 cm³/mol. The standard InChI is InChI=1S/C21H18F3N7OS/c1-3-26-20(32)30-18-5-14(19-29-17(10-33-19)21(22,23)24)16(8-27-18)13-4-12(6-25-7-13)15-9-28-31-11(15)2/h4-10H,3H2,1-2H3,(H,28,31)(H2,26,27,30,32). The monoisotopic (exact) mass is 473 g/mol. The molecule has 0 saturated carbocycles. The summed E-state index contributed by atoms with van der Waals surface area (Å²) in [6, 6.07) is 2.87. The quantitative estimate of drug-likeness (QED) is 0.373. The van der Waals surface area contributed by atoms with Crippen molar-refractivity contribution in [2.24, 2.45) is 0 Å². The van der Waals surface area contributed by atoms with Gasteiger partial charge in [-0.3, -0.25) is 15.4 Å². The fraction of sp³-hybridized carbons (Fsp3) is 0.190. The number of aromatic amines is 1. The Balaban J connectivity index is 1.82. The van der Waals surface area contributed by atoms with Crippen molar-refractivity contribution in [1.82, 2.24) is 30.5 Å². The lowest BCUT2D eigenvalue weighted by atomic mass is 10.00. The van der Waals surface area contributed by atoms with E-state index in [-0.39, 0.29) is 10.8 Å². The number of aryl methyl sites for hydroxylation is 1. The maximum atomic E-state index is 13.2. The number of thiazole rings is 1. The molecule has 8 nitrogen and oxygen atoms in total. The van der Waals surface area contributed by atoms with Gasteiger partial charge in [-0.1, -0.05) is 0 Å². The first-order valence-electron chi connectivity index (χ1n) is 9.80. The van der Waals surface area contributed by atoms with Crippen LogP contribution >= 0.6 is 11.3 Å². The van der Waals surface area contributed by atoms with Crippen LogP contribution in [0.5, 0.6) is 0 Å². The minimum Gasteiger partial charge on any atom is -0.338 e. The Hall–Kier alpha value is -3.80.